The van der Waals surface area contributed by atoms with E-state index >= 15 is 0 Å². The maximum absolute atomic E-state index is 11.1. The van der Waals surface area contributed by atoms with Crippen molar-refractivity contribution in [2.24, 2.45) is 0 Å². The Kier molecular flexibility index (Phi) is 5.59. The predicted octanol–water partition coefficient (Wildman–Crippen LogP) is 3.02. The van der Waals surface area contributed by atoms with Gasteiger partial charge in [-0.25, -0.2) is 0 Å². The van der Waals surface area contributed by atoms with Crippen molar-refractivity contribution in [3.8, 4) is 5.75 Å². The fourth-order valence-corrected chi connectivity index (χ4v) is 1.48. The van der Waals surface area contributed by atoms with Crippen LogP contribution in [0, 0.1) is 0 Å². The molecule has 1 heterocycles. The van der Waals surface area contributed by atoms with Gasteiger partial charge in [-0.1, -0.05) is 35.6 Å². The number of aryl methyl sites for hydroxylation is 1. The number of carbonyl (C=O) groups is 1. The molecule has 1 amide bonds. The lowest BCUT2D eigenvalue weighted by Gasteiger charge is -2.16. The van der Waals surface area contributed by atoms with Crippen LogP contribution in [0.2, 0.25) is 0 Å². The number of halogens is 1. The minimum atomic E-state index is 0.0840. The highest BCUT2D eigenvalue weighted by Gasteiger charge is 2.14. The van der Waals surface area contributed by atoms with Crippen molar-refractivity contribution in [1.82, 2.24) is 0 Å². The van der Waals surface area contributed by atoms with Gasteiger partial charge < -0.3 is 10.1 Å². The van der Waals surface area contributed by atoms with Crippen molar-refractivity contribution in [3.05, 3.63) is 23.8 Å². The summed E-state index contributed by atoms with van der Waals surface area (Å²) in [6, 6.07) is 5.76. The molecule has 3 nitrogen and oxygen atoms in total. The number of hydrogen-bond donors (Lipinski definition) is 1. The Hall–Kier alpha value is -0.780. The Labute approximate surface area is 110 Å². The van der Waals surface area contributed by atoms with Gasteiger partial charge in [-0.05, 0) is 22.5 Å². The summed E-state index contributed by atoms with van der Waals surface area (Å²) in [6.07, 6.45) is 1.41. The highest BCUT2D eigenvalue weighted by molar-refractivity contribution is 14.1. The number of ether oxygens (including phenoxy) is 1. The molecule has 0 aliphatic carbocycles. The predicted molar refractivity (Wildman–Crippen MR) is 74.5 cm³/mol. The SMILES string of the molecule is CCI.COc1ccc2c(c1)NC(=O)CC2. The fourth-order valence-electron chi connectivity index (χ4n) is 1.48. The van der Waals surface area contributed by atoms with Crippen LogP contribution in [0.5, 0.6) is 5.75 Å². The van der Waals surface area contributed by atoms with Gasteiger partial charge in [0.05, 0.1) is 7.11 Å². The van der Waals surface area contributed by atoms with E-state index in [0.717, 1.165) is 17.9 Å². The second-order valence-electron chi connectivity index (χ2n) is 3.34. The Balaban J connectivity index is 0.000000386. The van der Waals surface area contributed by atoms with Crippen LogP contribution in [-0.2, 0) is 11.2 Å². The summed E-state index contributed by atoms with van der Waals surface area (Å²) < 4.78 is 6.28. The molecule has 0 bridgehead atoms. The number of methoxy groups -OCH3 is 1. The molecule has 1 aliphatic heterocycles. The van der Waals surface area contributed by atoms with Crippen molar-refractivity contribution in [1.29, 1.82) is 0 Å². The minimum Gasteiger partial charge on any atom is -0.497 e. The Bertz CT molecular complexity index is 366. The third-order valence-electron chi connectivity index (χ3n) is 2.21. The number of hydrogen-bond acceptors (Lipinski definition) is 2. The molecule has 0 radical (unpaired) electrons. The molecule has 0 atom stereocenters. The average molecular weight is 333 g/mol. The highest BCUT2D eigenvalue weighted by atomic mass is 127. The zero-order valence-electron chi connectivity index (χ0n) is 9.55. The van der Waals surface area contributed by atoms with Gasteiger partial charge in [0, 0.05) is 18.2 Å². The number of rotatable bonds is 1. The molecule has 1 aromatic rings. The molecule has 0 fully saturated rings. The molecule has 1 aromatic carbocycles. The van der Waals surface area contributed by atoms with Crippen molar-refractivity contribution in [3.63, 3.8) is 0 Å². The van der Waals surface area contributed by atoms with E-state index in [9.17, 15) is 4.79 Å². The molecule has 0 saturated heterocycles. The average Bonchev–Trinajstić information content (AvgIpc) is 2.29. The van der Waals surface area contributed by atoms with Crippen LogP contribution in [0.15, 0.2) is 18.2 Å². The van der Waals surface area contributed by atoms with Crippen LogP contribution in [0.25, 0.3) is 0 Å². The molecule has 0 unspecified atom stereocenters. The number of carbonyl (C=O) groups excluding carboxylic acids is 1. The van der Waals surface area contributed by atoms with E-state index in [0.29, 0.717) is 6.42 Å². The van der Waals surface area contributed by atoms with Gasteiger partial charge in [-0.2, -0.15) is 0 Å². The van der Waals surface area contributed by atoms with Gasteiger partial charge in [0.2, 0.25) is 5.91 Å². The van der Waals surface area contributed by atoms with Crippen molar-refractivity contribution in [2.75, 3.05) is 16.9 Å². The number of nitrogens with one attached hydrogen (secondary N) is 1. The highest BCUT2D eigenvalue weighted by Crippen LogP contribution is 2.26. The van der Waals surface area contributed by atoms with Crippen LogP contribution in [0.3, 0.4) is 0 Å². The normalized spacial score (nSPS) is 13.1. The number of alkyl halides is 1. The summed E-state index contributed by atoms with van der Waals surface area (Å²) in [4.78, 5) is 11.1. The molecule has 16 heavy (non-hydrogen) atoms. The topological polar surface area (TPSA) is 38.3 Å². The summed E-state index contributed by atoms with van der Waals surface area (Å²) in [5.41, 5.74) is 2.07. The van der Waals surface area contributed by atoms with Gasteiger partial charge in [-0.15, -0.1) is 0 Å². The van der Waals surface area contributed by atoms with E-state index in [1.165, 1.54) is 9.99 Å². The van der Waals surface area contributed by atoms with E-state index in [2.05, 4.69) is 34.8 Å². The Morgan fingerprint density at radius 2 is 2.12 bits per heavy atom. The summed E-state index contributed by atoms with van der Waals surface area (Å²) in [6.45, 7) is 2.11. The first kappa shape index (κ1) is 13.3. The maximum atomic E-state index is 11.1. The second-order valence-corrected chi connectivity index (χ2v) is 4.86. The summed E-state index contributed by atoms with van der Waals surface area (Å²) in [5, 5.41) is 2.82. The smallest absolute Gasteiger partial charge is 0.224 e. The van der Waals surface area contributed by atoms with Crippen molar-refractivity contribution < 1.29 is 9.53 Å². The molecule has 0 spiro atoms. The zero-order chi connectivity index (χ0) is 12.0. The van der Waals surface area contributed by atoms with E-state index < -0.39 is 0 Å². The lowest BCUT2D eigenvalue weighted by Crippen LogP contribution is -2.18. The monoisotopic (exact) mass is 333 g/mol. The van der Waals surface area contributed by atoms with Crippen molar-refractivity contribution >= 4 is 34.2 Å². The summed E-state index contributed by atoms with van der Waals surface area (Å²) in [5.74, 6) is 0.863. The molecule has 1 N–H and O–H groups in total. The zero-order valence-corrected chi connectivity index (χ0v) is 11.7. The van der Waals surface area contributed by atoms with Gasteiger partial charge in [0.25, 0.3) is 0 Å². The molecular weight excluding hydrogens is 317 g/mol. The van der Waals surface area contributed by atoms with Gasteiger partial charge in [0.1, 0.15) is 5.75 Å². The first-order chi connectivity index (χ1) is 7.71. The first-order valence-electron chi connectivity index (χ1n) is 5.24. The van der Waals surface area contributed by atoms with Gasteiger partial charge in [0.15, 0.2) is 0 Å². The number of anilines is 1. The second kappa shape index (κ2) is 6.73. The van der Waals surface area contributed by atoms with E-state index in [1.54, 1.807) is 7.11 Å². The number of benzene rings is 1. The lowest BCUT2D eigenvalue weighted by atomic mass is 10.0. The molecule has 88 valence electrons. The molecule has 0 saturated carbocycles. The van der Waals surface area contributed by atoms with E-state index in [-0.39, 0.29) is 5.91 Å². The van der Waals surface area contributed by atoms with Crippen LogP contribution in [0.4, 0.5) is 5.69 Å². The summed E-state index contributed by atoms with van der Waals surface area (Å²) in [7, 11) is 1.62. The molecule has 1 aliphatic rings. The third kappa shape index (κ3) is 3.66. The van der Waals surface area contributed by atoms with Crippen molar-refractivity contribution in [2.45, 2.75) is 19.8 Å². The fraction of sp³-hybridized carbons (Fsp3) is 0.417. The van der Waals surface area contributed by atoms with Crippen LogP contribution in [-0.4, -0.2) is 17.4 Å². The lowest BCUT2D eigenvalue weighted by molar-refractivity contribution is -0.116. The van der Waals surface area contributed by atoms with E-state index in [1.807, 2.05) is 18.2 Å². The van der Waals surface area contributed by atoms with Crippen LogP contribution in [0.1, 0.15) is 18.9 Å². The third-order valence-corrected chi connectivity index (χ3v) is 2.21. The molecular formula is C12H16INO2. The molecule has 0 aromatic heterocycles. The quantitative estimate of drug-likeness (QED) is 0.634. The van der Waals surface area contributed by atoms with Crippen LogP contribution < -0.4 is 10.1 Å². The number of amides is 1. The standard InChI is InChI=1S/C10H11NO2.C2H5I/c1-13-8-4-2-7-3-5-10(12)11-9(7)6-8;1-2-3/h2,4,6H,3,5H2,1H3,(H,11,12);2H2,1H3. The number of fused-ring (bicyclic) bond motifs is 1. The summed E-state index contributed by atoms with van der Waals surface area (Å²) >= 11 is 2.29. The van der Waals surface area contributed by atoms with Gasteiger partial charge >= 0.3 is 0 Å². The maximum Gasteiger partial charge on any atom is 0.224 e. The Morgan fingerprint density at radius 3 is 2.75 bits per heavy atom. The largest absolute Gasteiger partial charge is 0.497 e. The molecule has 2 rings (SSSR count). The minimum absolute atomic E-state index is 0.0840. The Morgan fingerprint density at radius 1 is 1.44 bits per heavy atom. The van der Waals surface area contributed by atoms with Gasteiger partial charge in [-0.3, -0.25) is 4.79 Å². The van der Waals surface area contributed by atoms with Crippen LogP contribution >= 0.6 is 22.6 Å². The first-order valence-corrected chi connectivity index (χ1v) is 6.76. The molecule has 4 heteroatoms. The van der Waals surface area contributed by atoms with E-state index in [4.69, 9.17) is 4.74 Å².